The molecule has 4 rings (SSSR count). The van der Waals surface area contributed by atoms with E-state index in [-0.39, 0.29) is 16.3 Å². The molecule has 1 aromatic heterocycles. The fourth-order valence-corrected chi connectivity index (χ4v) is 4.54. The fourth-order valence-electron chi connectivity index (χ4n) is 3.16. The second-order valence-electron chi connectivity index (χ2n) is 6.66. The molecule has 0 aliphatic heterocycles. The van der Waals surface area contributed by atoms with Gasteiger partial charge in [0, 0.05) is 0 Å². The van der Waals surface area contributed by atoms with Crippen LogP contribution in [-0.2, 0) is 10.0 Å². The number of benzene rings is 3. The first-order valence-electron chi connectivity index (χ1n) is 8.93. The van der Waals surface area contributed by atoms with Gasteiger partial charge in [0.15, 0.2) is 0 Å². The normalized spacial score (nSPS) is 11.6. The SMILES string of the molecule is Cc1nc2ccccc2c(=O)n1-c1ccc(Cl)c(NS(=O)(=O)c2cc(F)ccc2F)c1. The van der Waals surface area contributed by atoms with Crippen molar-refractivity contribution >= 4 is 38.2 Å². The van der Waals surface area contributed by atoms with Crippen molar-refractivity contribution in [3.8, 4) is 5.69 Å². The molecule has 3 aromatic carbocycles. The largest absolute Gasteiger partial charge is 0.278 e. The van der Waals surface area contributed by atoms with Crippen LogP contribution in [0.2, 0.25) is 5.02 Å². The number of nitrogens with zero attached hydrogens (tertiary/aromatic N) is 2. The number of anilines is 1. The number of sulfonamides is 1. The lowest BCUT2D eigenvalue weighted by atomic mass is 10.2. The van der Waals surface area contributed by atoms with Crippen LogP contribution >= 0.6 is 11.6 Å². The van der Waals surface area contributed by atoms with Crippen LogP contribution in [0.15, 0.2) is 70.4 Å². The van der Waals surface area contributed by atoms with Crippen LogP contribution in [0.4, 0.5) is 14.5 Å². The molecule has 31 heavy (non-hydrogen) atoms. The Kier molecular flexibility index (Phi) is 5.24. The van der Waals surface area contributed by atoms with Gasteiger partial charge in [0.25, 0.3) is 15.6 Å². The molecule has 0 spiro atoms. The lowest BCUT2D eigenvalue weighted by Gasteiger charge is -2.15. The summed E-state index contributed by atoms with van der Waals surface area (Å²) >= 11 is 6.13. The number of halogens is 3. The molecule has 0 aliphatic carbocycles. The molecule has 0 unspecified atom stereocenters. The Morgan fingerprint density at radius 2 is 1.77 bits per heavy atom. The van der Waals surface area contributed by atoms with Gasteiger partial charge >= 0.3 is 0 Å². The molecule has 1 N–H and O–H groups in total. The van der Waals surface area contributed by atoms with Crippen molar-refractivity contribution in [2.45, 2.75) is 11.8 Å². The average molecular weight is 462 g/mol. The van der Waals surface area contributed by atoms with Gasteiger partial charge in [0.05, 0.1) is 27.3 Å². The van der Waals surface area contributed by atoms with Crippen molar-refractivity contribution < 1.29 is 17.2 Å². The van der Waals surface area contributed by atoms with E-state index in [2.05, 4.69) is 9.71 Å². The maximum atomic E-state index is 14.0. The van der Waals surface area contributed by atoms with Gasteiger partial charge in [-0.05, 0) is 55.5 Å². The van der Waals surface area contributed by atoms with Crippen molar-refractivity contribution in [3.05, 3.63) is 93.5 Å². The molecule has 1 heterocycles. The summed E-state index contributed by atoms with van der Waals surface area (Å²) in [5, 5.41) is 0.385. The van der Waals surface area contributed by atoms with Crippen molar-refractivity contribution in [1.82, 2.24) is 9.55 Å². The monoisotopic (exact) mass is 461 g/mol. The molecule has 0 radical (unpaired) electrons. The van der Waals surface area contributed by atoms with Crippen LogP contribution in [0.3, 0.4) is 0 Å². The zero-order chi connectivity index (χ0) is 22.3. The molecule has 0 aliphatic rings. The Bertz CT molecular complexity index is 1500. The third kappa shape index (κ3) is 3.89. The van der Waals surface area contributed by atoms with E-state index in [1.54, 1.807) is 31.2 Å². The van der Waals surface area contributed by atoms with E-state index in [0.717, 1.165) is 6.07 Å². The van der Waals surface area contributed by atoms with Crippen LogP contribution in [0.25, 0.3) is 16.6 Å². The van der Waals surface area contributed by atoms with Crippen LogP contribution in [0.5, 0.6) is 0 Å². The predicted octanol–water partition coefficient (Wildman–Crippen LogP) is 4.43. The van der Waals surface area contributed by atoms with Crippen LogP contribution < -0.4 is 10.3 Å². The lowest BCUT2D eigenvalue weighted by molar-refractivity contribution is 0.555. The number of para-hydroxylation sites is 1. The van der Waals surface area contributed by atoms with Gasteiger partial charge in [-0.3, -0.25) is 14.1 Å². The van der Waals surface area contributed by atoms with Crippen molar-refractivity contribution in [2.24, 2.45) is 0 Å². The van der Waals surface area contributed by atoms with Gasteiger partial charge in [-0.2, -0.15) is 0 Å². The molecular formula is C21H14ClF2N3O3S. The quantitative estimate of drug-likeness (QED) is 0.487. The van der Waals surface area contributed by atoms with Crippen LogP contribution in [0, 0.1) is 18.6 Å². The first kappa shape index (κ1) is 21.0. The number of aryl methyl sites for hydroxylation is 1. The predicted molar refractivity (Wildman–Crippen MR) is 114 cm³/mol. The standard InChI is InChI=1S/C21H14ClF2N3O3S/c1-12-25-18-5-3-2-4-15(18)21(28)27(12)14-7-8-16(22)19(11-14)26-31(29,30)20-10-13(23)6-9-17(20)24/h2-11,26H,1H3. The van der Waals surface area contributed by atoms with E-state index in [4.69, 9.17) is 11.6 Å². The summed E-state index contributed by atoms with van der Waals surface area (Å²) in [5.74, 6) is -1.66. The summed E-state index contributed by atoms with van der Waals surface area (Å²) in [7, 11) is -4.50. The van der Waals surface area contributed by atoms with Crippen molar-refractivity contribution in [1.29, 1.82) is 0 Å². The van der Waals surface area contributed by atoms with Crippen molar-refractivity contribution in [3.63, 3.8) is 0 Å². The third-order valence-corrected chi connectivity index (χ3v) is 6.29. The highest BCUT2D eigenvalue weighted by atomic mass is 35.5. The van der Waals surface area contributed by atoms with Gasteiger partial charge in [-0.25, -0.2) is 22.2 Å². The number of nitrogens with one attached hydrogen (secondary N) is 1. The first-order chi connectivity index (χ1) is 14.7. The molecule has 10 heteroatoms. The number of hydrogen-bond acceptors (Lipinski definition) is 4. The summed E-state index contributed by atoms with van der Waals surface area (Å²) < 4.78 is 56.2. The molecule has 0 atom stereocenters. The second kappa shape index (κ2) is 7.75. The Labute approximate surface area is 180 Å². The molecule has 0 bridgehead atoms. The zero-order valence-corrected chi connectivity index (χ0v) is 17.5. The highest BCUT2D eigenvalue weighted by Gasteiger charge is 2.22. The van der Waals surface area contributed by atoms with E-state index >= 15 is 0 Å². The smallest absolute Gasteiger partial charge is 0.265 e. The highest BCUT2D eigenvalue weighted by Crippen LogP contribution is 2.28. The average Bonchev–Trinajstić information content (AvgIpc) is 2.72. The van der Waals surface area contributed by atoms with Gasteiger partial charge in [-0.1, -0.05) is 23.7 Å². The fraction of sp³-hybridized carbons (Fsp3) is 0.0476. The number of fused-ring (bicyclic) bond motifs is 1. The van der Waals surface area contributed by atoms with Gasteiger partial charge < -0.3 is 0 Å². The Hall–Kier alpha value is -3.30. The Balaban J connectivity index is 1.83. The molecule has 4 aromatic rings. The molecule has 6 nitrogen and oxygen atoms in total. The maximum absolute atomic E-state index is 14.0. The molecule has 0 fully saturated rings. The number of rotatable bonds is 4. The van der Waals surface area contributed by atoms with Crippen LogP contribution in [-0.4, -0.2) is 18.0 Å². The first-order valence-corrected chi connectivity index (χ1v) is 10.8. The van der Waals surface area contributed by atoms with E-state index < -0.39 is 26.6 Å². The van der Waals surface area contributed by atoms with E-state index in [1.807, 2.05) is 0 Å². The summed E-state index contributed by atoms with van der Waals surface area (Å²) in [4.78, 5) is 16.5. The van der Waals surface area contributed by atoms with Crippen molar-refractivity contribution in [2.75, 3.05) is 4.72 Å². The summed E-state index contributed by atoms with van der Waals surface area (Å²) in [6.07, 6.45) is 0. The number of aromatic nitrogens is 2. The number of hydrogen-bond donors (Lipinski definition) is 1. The van der Waals surface area contributed by atoms with Gasteiger partial charge in [-0.15, -0.1) is 0 Å². The lowest BCUT2D eigenvalue weighted by Crippen LogP contribution is -2.22. The topological polar surface area (TPSA) is 81.1 Å². The maximum Gasteiger partial charge on any atom is 0.265 e. The molecule has 0 amide bonds. The molecule has 0 saturated carbocycles. The zero-order valence-electron chi connectivity index (χ0n) is 15.9. The van der Waals surface area contributed by atoms with Gasteiger partial charge in [0.2, 0.25) is 0 Å². The minimum atomic E-state index is -4.50. The molecule has 0 saturated heterocycles. The Morgan fingerprint density at radius 3 is 2.55 bits per heavy atom. The minimum absolute atomic E-state index is 0.00332. The second-order valence-corrected chi connectivity index (χ2v) is 8.72. The van der Waals surface area contributed by atoms with E-state index in [9.17, 15) is 22.0 Å². The summed E-state index contributed by atoms with van der Waals surface area (Å²) in [6, 6.07) is 13.1. The van der Waals surface area contributed by atoms with E-state index in [0.29, 0.717) is 34.5 Å². The molecule has 158 valence electrons. The highest BCUT2D eigenvalue weighted by molar-refractivity contribution is 7.92. The third-order valence-electron chi connectivity index (χ3n) is 4.58. The van der Waals surface area contributed by atoms with Crippen LogP contribution in [0.1, 0.15) is 5.82 Å². The summed E-state index contributed by atoms with van der Waals surface area (Å²) in [5.41, 5.74) is 0.359. The summed E-state index contributed by atoms with van der Waals surface area (Å²) in [6.45, 7) is 1.63. The minimum Gasteiger partial charge on any atom is -0.278 e. The molecular weight excluding hydrogens is 448 g/mol. The van der Waals surface area contributed by atoms with E-state index in [1.165, 1.54) is 22.8 Å². The Morgan fingerprint density at radius 1 is 1.03 bits per heavy atom. The van der Waals surface area contributed by atoms with Gasteiger partial charge in [0.1, 0.15) is 22.4 Å².